The normalized spacial score (nSPS) is 11.9. The van der Waals surface area contributed by atoms with Crippen molar-refractivity contribution in [2.75, 3.05) is 11.9 Å². The average molecular weight is 334 g/mol. The number of carbonyl (C=O) groups is 1. The number of aliphatic hydroxyl groups excluding tert-OH is 1. The van der Waals surface area contributed by atoms with E-state index in [0.717, 1.165) is 9.26 Å². The predicted molar refractivity (Wildman–Crippen MR) is 72.5 cm³/mol. The van der Waals surface area contributed by atoms with Crippen LogP contribution in [0.5, 0.6) is 0 Å². The van der Waals surface area contributed by atoms with Crippen LogP contribution in [0.1, 0.15) is 13.3 Å². The highest BCUT2D eigenvalue weighted by Crippen LogP contribution is 2.16. The van der Waals surface area contributed by atoms with Crippen LogP contribution in [0.2, 0.25) is 0 Å². The molecule has 4 nitrogen and oxygen atoms in total. The maximum Gasteiger partial charge on any atom is 0.319 e. The van der Waals surface area contributed by atoms with E-state index in [1.165, 1.54) is 0 Å². The van der Waals surface area contributed by atoms with Crippen molar-refractivity contribution in [3.8, 4) is 0 Å². The smallest absolute Gasteiger partial charge is 0.319 e. The van der Waals surface area contributed by atoms with Gasteiger partial charge in [-0.25, -0.2) is 4.79 Å². The Labute approximate surface area is 109 Å². The second-order valence-corrected chi connectivity index (χ2v) is 4.53. The van der Waals surface area contributed by atoms with Crippen molar-refractivity contribution < 1.29 is 9.90 Å². The number of hydrogen-bond acceptors (Lipinski definition) is 2. The number of anilines is 1. The first-order valence-corrected chi connectivity index (χ1v) is 6.18. The molecule has 0 saturated carbocycles. The van der Waals surface area contributed by atoms with E-state index in [0.29, 0.717) is 6.42 Å². The molecule has 1 atom stereocenters. The molecule has 1 aromatic rings. The lowest BCUT2D eigenvalue weighted by atomic mass is 10.2. The van der Waals surface area contributed by atoms with Crippen molar-refractivity contribution in [1.29, 1.82) is 0 Å². The maximum absolute atomic E-state index is 11.6. The Hall–Kier alpha value is -0.820. The van der Waals surface area contributed by atoms with Gasteiger partial charge in [0.25, 0.3) is 0 Å². The monoisotopic (exact) mass is 334 g/mol. The molecule has 88 valence electrons. The van der Waals surface area contributed by atoms with Crippen LogP contribution < -0.4 is 10.6 Å². The van der Waals surface area contributed by atoms with Crippen LogP contribution in [0.15, 0.2) is 24.3 Å². The van der Waals surface area contributed by atoms with Gasteiger partial charge < -0.3 is 15.7 Å². The molecule has 1 rings (SSSR count). The third-order valence-electron chi connectivity index (χ3n) is 2.17. The number of para-hydroxylation sites is 1. The van der Waals surface area contributed by atoms with Crippen LogP contribution in [-0.2, 0) is 0 Å². The number of urea groups is 1. The molecule has 5 heteroatoms. The molecule has 0 saturated heterocycles. The zero-order valence-corrected chi connectivity index (χ0v) is 11.2. The van der Waals surface area contributed by atoms with E-state index < -0.39 is 0 Å². The van der Waals surface area contributed by atoms with Gasteiger partial charge in [0.2, 0.25) is 0 Å². The Morgan fingerprint density at radius 2 is 2.19 bits per heavy atom. The fraction of sp³-hybridized carbons (Fsp3) is 0.364. The molecule has 0 spiro atoms. The van der Waals surface area contributed by atoms with Gasteiger partial charge in [-0.1, -0.05) is 19.1 Å². The second-order valence-electron chi connectivity index (χ2n) is 3.37. The summed E-state index contributed by atoms with van der Waals surface area (Å²) in [6.07, 6.45) is 0.704. The highest BCUT2D eigenvalue weighted by atomic mass is 127. The third kappa shape index (κ3) is 3.97. The zero-order chi connectivity index (χ0) is 12.0. The molecule has 0 aliphatic rings. The fourth-order valence-electron chi connectivity index (χ4n) is 1.18. The minimum absolute atomic E-state index is 0.0458. The van der Waals surface area contributed by atoms with Crippen molar-refractivity contribution in [1.82, 2.24) is 5.32 Å². The van der Waals surface area contributed by atoms with Gasteiger partial charge in [0, 0.05) is 3.57 Å². The summed E-state index contributed by atoms with van der Waals surface area (Å²) in [6.45, 7) is 1.86. The fourth-order valence-corrected chi connectivity index (χ4v) is 1.71. The van der Waals surface area contributed by atoms with Gasteiger partial charge in [-0.3, -0.25) is 0 Å². The first-order chi connectivity index (χ1) is 7.67. The zero-order valence-electron chi connectivity index (χ0n) is 9.03. The summed E-state index contributed by atoms with van der Waals surface area (Å²) >= 11 is 2.15. The van der Waals surface area contributed by atoms with Gasteiger partial charge in [-0.2, -0.15) is 0 Å². The number of halogens is 1. The predicted octanol–water partition coefficient (Wildman–Crippen LogP) is 2.18. The number of aliphatic hydroxyl groups is 1. The largest absolute Gasteiger partial charge is 0.394 e. The Morgan fingerprint density at radius 3 is 2.75 bits per heavy atom. The number of rotatable bonds is 4. The molecule has 16 heavy (non-hydrogen) atoms. The Morgan fingerprint density at radius 1 is 1.50 bits per heavy atom. The molecule has 0 aliphatic carbocycles. The topological polar surface area (TPSA) is 61.4 Å². The van der Waals surface area contributed by atoms with E-state index in [1.807, 2.05) is 31.2 Å². The Bertz CT molecular complexity index is 354. The van der Waals surface area contributed by atoms with E-state index in [-0.39, 0.29) is 18.7 Å². The van der Waals surface area contributed by atoms with Crippen molar-refractivity contribution >= 4 is 34.3 Å². The number of benzene rings is 1. The Kier molecular flexibility index (Phi) is 5.54. The molecule has 0 aromatic heterocycles. The highest BCUT2D eigenvalue weighted by molar-refractivity contribution is 14.1. The van der Waals surface area contributed by atoms with Gasteiger partial charge in [-0.05, 0) is 41.1 Å². The molecule has 0 heterocycles. The van der Waals surface area contributed by atoms with Gasteiger partial charge in [0.15, 0.2) is 0 Å². The van der Waals surface area contributed by atoms with E-state index in [2.05, 4.69) is 33.2 Å². The van der Waals surface area contributed by atoms with Crippen molar-refractivity contribution in [2.45, 2.75) is 19.4 Å². The van der Waals surface area contributed by atoms with Crippen LogP contribution in [-0.4, -0.2) is 23.8 Å². The van der Waals surface area contributed by atoms with Gasteiger partial charge in [0.1, 0.15) is 0 Å². The van der Waals surface area contributed by atoms with Crippen LogP contribution in [0, 0.1) is 3.57 Å². The minimum atomic E-state index is -0.287. The average Bonchev–Trinajstić information content (AvgIpc) is 2.29. The molecule has 1 unspecified atom stereocenters. The summed E-state index contributed by atoms with van der Waals surface area (Å²) in [5.74, 6) is 0. The standard InChI is InChI=1S/C11H15IN2O2/c1-2-8(7-15)13-11(16)14-10-6-4-3-5-9(10)12/h3-6,8,15H,2,7H2,1H3,(H2,13,14,16). The summed E-state index contributed by atoms with van der Waals surface area (Å²) in [6, 6.07) is 7.04. The number of carbonyl (C=O) groups excluding carboxylic acids is 1. The van der Waals surface area contributed by atoms with Crippen molar-refractivity contribution in [3.63, 3.8) is 0 Å². The SMILES string of the molecule is CCC(CO)NC(=O)Nc1ccccc1I. The van der Waals surface area contributed by atoms with Gasteiger partial charge in [0.05, 0.1) is 18.3 Å². The molecule has 0 bridgehead atoms. The lowest BCUT2D eigenvalue weighted by molar-refractivity contribution is 0.222. The maximum atomic E-state index is 11.6. The summed E-state index contributed by atoms with van der Waals surface area (Å²) in [5, 5.41) is 14.4. The first kappa shape index (κ1) is 13.2. The van der Waals surface area contributed by atoms with Crippen LogP contribution in [0.3, 0.4) is 0 Å². The van der Waals surface area contributed by atoms with E-state index >= 15 is 0 Å². The summed E-state index contributed by atoms with van der Waals surface area (Å²) < 4.78 is 0.979. The highest BCUT2D eigenvalue weighted by Gasteiger charge is 2.09. The first-order valence-electron chi connectivity index (χ1n) is 5.10. The lowest BCUT2D eigenvalue weighted by Crippen LogP contribution is -2.39. The summed E-state index contributed by atoms with van der Waals surface area (Å²) in [7, 11) is 0. The van der Waals surface area contributed by atoms with Crippen molar-refractivity contribution in [2.24, 2.45) is 0 Å². The number of nitrogens with one attached hydrogen (secondary N) is 2. The van der Waals surface area contributed by atoms with E-state index in [9.17, 15) is 4.79 Å². The summed E-state index contributed by atoms with van der Waals surface area (Å²) in [4.78, 5) is 11.6. The van der Waals surface area contributed by atoms with Gasteiger partial charge >= 0.3 is 6.03 Å². The molecule has 3 N–H and O–H groups in total. The molecule has 0 radical (unpaired) electrons. The van der Waals surface area contributed by atoms with Crippen LogP contribution in [0.4, 0.5) is 10.5 Å². The number of hydrogen-bond donors (Lipinski definition) is 3. The quantitative estimate of drug-likeness (QED) is 0.739. The van der Waals surface area contributed by atoms with E-state index in [1.54, 1.807) is 0 Å². The Balaban J connectivity index is 2.55. The minimum Gasteiger partial charge on any atom is -0.394 e. The van der Waals surface area contributed by atoms with Crippen LogP contribution >= 0.6 is 22.6 Å². The van der Waals surface area contributed by atoms with Crippen molar-refractivity contribution in [3.05, 3.63) is 27.8 Å². The summed E-state index contributed by atoms with van der Waals surface area (Å²) in [5.41, 5.74) is 0.772. The molecular formula is C11H15IN2O2. The van der Waals surface area contributed by atoms with Gasteiger partial charge in [-0.15, -0.1) is 0 Å². The second kappa shape index (κ2) is 6.70. The molecule has 0 fully saturated rings. The van der Waals surface area contributed by atoms with Crippen LogP contribution in [0.25, 0.3) is 0 Å². The molecule has 1 aromatic carbocycles. The molecule has 2 amide bonds. The van der Waals surface area contributed by atoms with E-state index in [4.69, 9.17) is 5.11 Å². The molecular weight excluding hydrogens is 319 g/mol. The number of amides is 2. The molecule has 0 aliphatic heterocycles. The third-order valence-corrected chi connectivity index (χ3v) is 3.11. The lowest BCUT2D eigenvalue weighted by Gasteiger charge is -2.15.